The molecular formula is C25H22As2ClNO5S. The molecule has 1 atom stereocenters. The summed E-state index contributed by atoms with van der Waals surface area (Å²) in [5, 5.41) is 10.0. The number of benzene rings is 3. The van der Waals surface area contributed by atoms with Crippen molar-refractivity contribution in [2.75, 3.05) is 6.54 Å². The Morgan fingerprint density at radius 1 is 0.971 bits per heavy atom. The number of rotatable bonds is 8. The Bertz CT molecular complexity index is 1360. The van der Waals surface area contributed by atoms with Crippen molar-refractivity contribution in [1.29, 1.82) is 0 Å². The van der Waals surface area contributed by atoms with Crippen LogP contribution in [0.5, 0.6) is 0 Å². The average Bonchev–Trinajstić information content (AvgIpc) is 3.33. The van der Waals surface area contributed by atoms with Crippen LogP contribution in [-0.2, 0) is 14.8 Å². The molecule has 0 aromatic heterocycles. The molecule has 0 unspecified atom stereocenters. The molecule has 1 aliphatic rings. The number of halogens is 1. The molecule has 4 rings (SSSR count). The maximum atomic E-state index is 12.9. The van der Waals surface area contributed by atoms with E-state index in [-0.39, 0.29) is 11.4 Å². The SMILES string of the molecule is Cc1cc(Cl)ccc1[As]C(=O)[As]c1ccc(-c2ccc(S(=O)(=O)N3CCC[C@H]3C(=O)O)cc2)cc1. The van der Waals surface area contributed by atoms with E-state index in [4.69, 9.17) is 11.6 Å². The summed E-state index contributed by atoms with van der Waals surface area (Å²) in [6.45, 7) is 2.19. The normalized spacial score (nSPS) is 17.0. The Morgan fingerprint density at radius 2 is 1.60 bits per heavy atom. The van der Waals surface area contributed by atoms with Crippen molar-refractivity contribution in [3.05, 3.63) is 77.3 Å². The van der Waals surface area contributed by atoms with Gasteiger partial charge < -0.3 is 5.11 Å². The molecule has 10 heteroatoms. The van der Waals surface area contributed by atoms with Crippen molar-refractivity contribution in [1.82, 2.24) is 4.31 Å². The van der Waals surface area contributed by atoms with Gasteiger partial charge in [0.15, 0.2) is 0 Å². The summed E-state index contributed by atoms with van der Waals surface area (Å²) in [5.41, 5.74) is 2.81. The van der Waals surface area contributed by atoms with Gasteiger partial charge in [0.25, 0.3) is 0 Å². The van der Waals surface area contributed by atoms with Crippen LogP contribution < -0.4 is 8.70 Å². The van der Waals surface area contributed by atoms with Crippen LogP contribution in [0.1, 0.15) is 18.4 Å². The topological polar surface area (TPSA) is 91.8 Å². The first kappa shape index (κ1) is 26.2. The molecule has 1 heterocycles. The predicted octanol–water partition coefficient (Wildman–Crippen LogP) is 3.03. The Morgan fingerprint density at radius 3 is 2.20 bits per heavy atom. The predicted molar refractivity (Wildman–Crippen MR) is 139 cm³/mol. The van der Waals surface area contributed by atoms with E-state index in [9.17, 15) is 23.1 Å². The van der Waals surface area contributed by atoms with E-state index in [2.05, 4.69) is 0 Å². The van der Waals surface area contributed by atoms with Gasteiger partial charge in [-0.05, 0) is 0 Å². The summed E-state index contributed by atoms with van der Waals surface area (Å²) in [6.07, 6.45) is 0.858. The van der Waals surface area contributed by atoms with Gasteiger partial charge in [-0.1, -0.05) is 0 Å². The van der Waals surface area contributed by atoms with E-state index in [1.54, 1.807) is 12.1 Å². The molecule has 0 amide bonds. The van der Waals surface area contributed by atoms with E-state index in [1.165, 1.54) is 12.1 Å². The Hall–Kier alpha value is -1.88. The summed E-state index contributed by atoms with van der Waals surface area (Å²) in [5.74, 6) is -1.12. The van der Waals surface area contributed by atoms with Gasteiger partial charge in [-0.2, -0.15) is 0 Å². The summed E-state index contributed by atoms with van der Waals surface area (Å²) < 4.78 is 29.4. The van der Waals surface area contributed by atoms with Crippen LogP contribution in [0.25, 0.3) is 11.1 Å². The van der Waals surface area contributed by atoms with Gasteiger partial charge in [-0.25, -0.2) is 0 Å². The molecule has 0 aliphatic carbocycles. The van der Waals surface area contributed by atoms with Crippen molar-refractivity contribution >= 4 is 71.2 Å². The molecule has 0 spiro atoms. The average molecular weight is 634 g/mol. The van der Waals surface area contributed by atoms with Crippen LogP contribution in [0.3, 0.4) is 0 Å². The van der Waals surface area contributed by atoms with E-state index < -0.39 is 53.5 Å². The Labute approximate surface area is 223 Å². The number of carbonyl (C=O) groups excluding carboxylic acids is 1. The first-order valence-electron chi connectivity index (χ1n) is 10.8. The van der Waals surface area contributed by atoms with E-state index in [0.29, 0.717) is 21.2 Å². The Balaban J connectivity index is 1.43. The fourth-order valence-electron chi connectivity index (χ4n) is 3.94. The third kappa shape index (κ3) is 6.10. The molecule has 1 N–H and O–H groups in total. The molecule has 3 aromatic carbocycles. The number of carboxylic acids is 1. The first-order chi connectivity index (χ1) is 16.6. The van der Waals surface area contributed by atoms with Gasteiger partial charge in [0.2, 0.25) is 0 Å². The number of aliphatic carboxylic acids is 1. The fourth-order valence-corrected chi connectivity index (χ4v) is 11.2. The van der Waals surface area contributed by atoms with Crippen LogP contribution in [0.2, 0.25) is 5.02 Å². The van der Waals surface area contributed by atoms with E-state index in [0.717, 1.165) is 29.7 Å². The first-order valence-corrected chi connectivity index (χ1v) is 16.4. The van der Waals surface area contributed by atoms with Crippen molar-refractivity contribution in [2.24, 2.45) is 0 Å². The molecule has 2 radical (unpaired) electrons. The zero-order chi connectivity index (χ0) is 25.2. The number of hydrogen-bond acceptors (Lipinski definition) is 4. The Kier molecular flexibility index (Phi) is 8.25. The van der Waals surface area contributed by atoms with Gasteiger partial charge >= 0.3 is 214 Å². The van der Waals surface area contributed by atoms with Crippen molar-refractivity contribution < 1.29 is 23.1 Å². The van der Waals surface area contributed by atoms with Crippen LogP contribution >= 0.6 is 11.6 Å². The number of hydrogen-bond donors (Lipinski definition) is 1. The monoisotopic (exact) mass is 633 g/mol. The molecule has 0 saturated carbocycles. The molecule has 1 fully saturated rings. The van der Waals surface area contributed by atoms with Crippen molar-refractivity contribution in [3.8, 4) is 11.1 Å². The summed E-state index contributed by atoms with van der Waals surface area (Å²) in [6, 6.07) is 18.9. The zero-order valence-electron chi connectivity index (χ0n) is 18.8. The molecular weight excluding hydrogens is 612 g/mol. The third-order valence-corrected chi connectivity index (χ3v) is 13.6. The maximum absolute atomic E-state index is 12.9. The van der Waals surface area contributed by atoms with Crippen molar-refractivity contribution in [2.45, 2.75) is 30.7 Å². The van der Waals surface area contributed by atoms with Gasteiger partial charge in [0, 0.05) is 0 Å². The number of carboxylic acid groups (broad SMARTS) is 1. The molecule has 180 valence electrons. The second-order valence-corrected chi connectivity index (χ2v) is 16.8. The summed E-state index contributed by atoms with van der Waals surface area (Å²) in [4.78, 5) is 24.1. The number of nitrogens with zero attached hydrogens (tertiary/aromatic N) is 1. The number of carbonyl (C=O) groups is 2. The molecule has 35 heavy (non-hydrogen) atoms. The number of sulfonamides is 1. The zero-order valence-corrected chi connectivity index (χ0v) is 24.1. The molecule has 0 bridgehead atoms. The van der Waals surface area contributed by atoms with Crippen LogP contribution in [0.4, 0.5) is 4.79 Å². The standard InChI is InChI=1S/C25H22As2ClNO5S/c1-16-15-20(28)10-13-22(16)27-25(32)26-19-8-4-17(5-9-19)18-6-11-21(12-7-18)35(33,34)29-14-2-3-23(29)24(30)31/h4-13,15,23H,2-3,14H2,1H3,(H,30,31)/t23-/m0/s1. The van der Waals surface area contributed by atoms with Gasteiger partial charge in [-0.15, -0.1) is 0 Å². The summed E-state index contributed by atoms with van der Waals surface area (Å²) in [7, 11) is -3.87. The van der Waals surface area contributed by atoms with E-state index >= 15 is 0 Å². The molecule has 3 aromatic rings. The van der Waals surface area contributed by atoms with Crippen LogP contribution in [0.15, 0.2) is 71.6 Å². The number of aryl methyl sites for hydroxylation is 1. The van der Waals surface area contributed by atoms with Gasteiger partial charge in [0.05, 0.1) is 0 Å². The van der Waals surface area contributed by atoms with Gasteiger partial charge in [-0.3, -0.25) is 4.79 Å². The van der Waals surface area contributed by atoms with E-state index in [1.807, 2.05) is 49.4 Å². The fraction of sp³-hybridized carbons (Fsp3) is 0.200. The molecule has 1 saturated heterocycles. The second-order valence-electron chi connectivity index (χ2n) is 8.12. The minimum absolute atomic E-state index is 0.0856. The molecule has 6 nitrogen and oxygen atoms in total. The van der Waals surface area contributed by atoms with Crippen molar-refractivity contribution in [3.63, 3.8) is 0 Å². The van der Waals surface area contributed by atoms with Crippen LogP contribution in [0, 0.1) is 6.92 Å². The third-order valence-electron chi connectivity index (χ3n) is 5.75. The second kappa shape index (κ2) is 11.0. The minimum atomic E-state index is -3.87. The summed E-state index contributed by atoms with van der Waals surface area (Å²) >= 11 is 4.84. The quantitative estimate of drug-likeness (QED) is 0.386. The van der Waals surface area contributed by atoms with Gasteiger partial charge in [0.1, 0.15) is 0 Å². The molecule has 1 aliphatic heterocycles. The van der Waals surface area contributed by atoms with Crippen LogP contribution in [-0.4, -0.2) is 71.2 Å².